The first kappa shape index (κ1) is 21.1. The van der Waals surface area contributed by atoms with Crippen LogP contribution in [0.3, 0.4) is 0 Å². The van der Waals surface area contributed by atoms with E-state index in [-0.39, 0.29) is 6.04 Å². The lowest BCUT2D eigenvalue weighted by Crippen LogP contribution is -2.40. The van der Waals surface area contributed by atoms with E-state index in [2.05, 4.69) is 40.8 Å². The van der Waals surface area contributed by atoms with Gasteiger partial charge in [0, 0.05) is 36.5 Å². The number of fused-ring (bicyclic) bond motifs is 1. The van der Waals surface area contributed by atoms with Crippen LogP contribution < -0.4 is 15.5 Å². The first-order valence-electron chi connectivity index (χ1n) is 9.62. The number of amides is 2. The molecule has 1 aliphatic rings. The molecule has 154 valence electrons. The second kappa shape index (κ2) is 8.84. The summed E-state index contributed by atoms with van der Waals surface area (Å²) in [5, 5.41) is 5.88. The van der Waals surface area contributed by atoms with Crippen molar-refractivity contribution in [1.29, 1.82) is 0 Å². The molecule has 2 aromatic carbocycles. The number of aryl methyl sites for hydroxylation is 1. The molecule has 6 nitrogen and oxygen atoms in total. The number of carbonyl (C=O) groups excluding carboxylic acids is 2. The molecule has 0 radical (unpaired) electrons. The normalized spacial score (nSPS) is 13.9. The van der Waals surface area contributed by atoms with Crippen LogP contribution in [0.15, 0.2) is 36.4 Å². The van der Waals surface area contributed by atoms with E-state index in [0.717, 1.165) is 24.1 Å². The van der Waals surface area contributed by atoms with E-state index >= 15 is 0 Å². The van der Waals surface area contributed by atoms with Crippen LogP contribution in [-0.2, 0) is 16.0 Å². The van der Waals surface area contributed by atoms with Gasteiger partial charge in [0.05, 0.1) is 6.04 Å². The molecule has 1 aliphatic heterocycles. The monoisotopic (exact) mass is 414 g/mol. The van der Waals surface area contributed by atoms with Gasteiger partial charge in [-0.15, -0.1) is 0 Å². The minimum absolute atomic E-state index is 0.0308. The second-order valence-electron chi connectivity index (χ2n) is 7.67. The lowest BCUT2D eigenvalue weighted by Gasteiger charge is -2.26. The van der Waals surface area contributed by atoms with Gasteiger partial charge in [0.2, 0.25) is 0 Å². The van der Waals surface area contributed by atoms with E-state index in [4.69, 9.17) is 11.6 Å². The number of hydrogen-bond acceptors (Lipinski definition) is 4. The fourth-order valence-electron chi connectivity index (χ4n) is 3.52. The molecule has 1 heterocycles. The molecule has 2 amide bonds. The average Bonchev–Trinajstić information content (AvgIpc) is 3.05. The van der Waals surface area contributed by atoms with Crippen LogP contribution >= 0.6 is 11.6 Å². The molecule has 0 aromatic heterocycles. The predicted octanol–water partition coefficient (Wildman–Crippen LogP) is 3.00. The Morgan fingerprint density at radius 1 is 1.17 bits per heavy atom. The molecule has 0 unspecified atom stereocenters. The summed E-state index contributed by atoms with van der Waals surface area (Å²) in [6.45, 7) is 3.23. The number of nitrogens with one attached hydrogen (secondary N) is 2. The van der Waals surface area contributed by atoms with Crippen molar-refractivity contribution in [3.8, 4) is 0 Å². The average molecular weight is 415 g/mol. The fourth-order valence-corrected chi connectivity index (χ4v) is 3.70. The Hall–Kier alpha value is -2.57. The molecular weight excluding hydrogens is 388 g/mol. The molecule has 0 fully saturated rings. The van der Waals surface area contributed by atoms with Crippen molar-refractivity contribution in [1.82, 2.24) is 10.2 Å². The zero-order chi connectivity index (χ0) is 21.1. The van der Waals surface area contributed by atoms with E-state index in [0.29, 0.717) is 17.3 Å². The number of likely N-dealkylation sites (N-methyl/N-ethyl adjacent to an activating group) is 2. The van der Waals surface area contributed by atoms with Crippen LogP contribution in [0.2, 0.25) is 5.02 Å². The van der Waals surface area contributed by atoms with Gasteiger partial charge in [0.1, 0.15) is 0 Å². The maximum absolute atomic E-state index is 12.3. The third kappa shape index (κ3) is 4.89. The van der Waals surface area contributed by atoms with E-state index in [1.165, 1.54) is 11.3 Å². The van der Waals surface area contributed by atoms with Gasteiger partial charge in [-0.2, -0.15) is 0 Å². The van der Waals surface area contributed by atoms with Gasteiger partial charge in [0.15, 0.2) is 0 Å². The van der Waals surface area contributed by atoms with Crippen LogP contribution in [-0.4, -0.2) is 50.9 Å². The van der Waals surface area contributed by atoms with Gasteiger partial charge >= 0.3 is 11.8 Å². The number of rotatable bonds is 5. The number of benzene rings is 2. The summed E-state index contributed by atoms with van der Waals surface area (Å²) in [6.07, 6.45) is 1.02. The first-order valence-corrected chi connectivity index (χ1v) is 9.99. The molecule has 0 saturated heterocycles. The highest BCUT2D eigenvalue weighted by Crippen LogP contribution is 2.30. The minimum Gasteiger partial charge on any atom is -0.374 e. The first-order chi connectivity index (χ1) is 13.8. The molecule has 0 bridgehead atoms. The number of carbonyl (C=O) groups is 2. The quantitative estimate of drug-likeness (QED) is 0.738. The second-order valence-corrected chi connectivity index (χ2v) is 8.07. The van der Waals surface area contributed by atoms with Crippen molar-refractivity contribution in [2.75, 3.05) is 44.4 Å². The van der Waals surface area contributed by atoms with Crippen LogP contribution in [0.25, 0.3) is 0 Å². The summed E-state index contributed by atoms with van der Waals surface area (Å²) in [7, 11) is 6.02. The van der Waals surface area contributed by atoms with Crippen molar-refractivity contribution in [3.63, 3.8) is 0 Å². The fraction of sp³-hybridized carbons (Fsp3) is 0.364. The van der Waals surface area contributed by atoms with Crippen LogP contribution in [0.1, 0.15) is 22.7 Å². The van der Waals surface area contributed by atoms with Gasteiger partial charge in [0.25, 0.3) is 0 Å². The molecule has 2 N–H and O–H groups in total. The number of halogens is 1. The Morgan fingerprint density at radius 2 is 1.93 bits per heavy atom. The molecule has 7 heteroatoms. The van der Waals surface area contributed by atoms with Gasteiger partial charge in [-0.3, -0.25) is 9.59 Å². The lowest BCUT2D eigenvalue weighted by atomic mass is 10.0. The molecule has 1 atom stereocenters. The smallest absolute Gasteiger partial charge is 0.313 e. The van der Waals surface area contributed by atoms with Crippen LogP contribution in [0.4, 0.5) is 11.4 Å². The summed E-state index contributed by atoms with van der Waals surface area (Å²) >= 11 is 6.07. The largest absolute Gasteiger partial charge is 0.374 e. The number of anilines is 2. The van der Waals surface area contributed by atoms with Crippen molar-refractivity contribution in [3.05, 3.63) is 58.1 Å². The van der Waals surface area contributed by atoms with Crippen molar-refractivity contribution >= 4 is 34.8 Å². The SMILES string of the molecule is Cc1ccc(NC(=O)C(=O)NC[C@H](c2ccc3c(c2)CCN3C)N(C)C)cc1Cl. The van der Waals surface area contributed by atoms with Gasteiger partial charge in [-0.05, 0) is 62.3 Å². The molecule has 29 heavy (non-hydrogen) atoms. The molecule has 3 rings (SSSR count). The third-order valence-corrected chi connectivity index (χ3v) is 5.74. The van der Waals surface area contributed by atoms with Gasteiger partial charge in [-0.25, -0.2) is 0 Å². The molecule has 0 aliphatic carbocycles. The maximum Gasteiger partial charge on any atom is 0.313 e. The van der Waals surface area contributed by atoms with Crippen LogP contribution in [0.5, 0.6) is 0 Å². The van der Waals surface area contributed by atoms with Crippen LogP contribution in [0, 0.1) is 6.92 Å². The van der Waals surface area contributed by atoms with Crippen molar-refractivity contribution in [2.24, 2.45) is 0 Å². The molecule has 2 aromatic rings. The van der Waals surface area contributed by atoms with E-state index in [9.17, 15) is 9.59 Å². The summed E-state index contributed by atoms with van der Waals surface area (Å²) < 4.78 is 0. The summed E-state index contributed by atoms with van der Waals surface area (Å²) in [5.74, 6) is -1.38. The highest BCUT2D eigenvalue weighted by atomic mass is 35.5. The van der Waals surface area contributed by atoms with Crippen molar-refractivity contribution < 1.29 is 9.59 Å². The van der Waals surface area contributed by atoms with Gasteiger partial charge in [-0.1, -0.05) is 29.8 Å². The molecule has 0 spiro atoms. The van der Waals surface area contributed by atoms with Crippen molar-refractivity contribution in [2.45, 2.75) is 19.4 Å². The Bertz CT molecular complexity index is 929. The predicted molar refractivity (Wildman–Crippen MR) is 118 cm³/mol. The minimum atomic E-state index is -0.710. The summed E-state index contributed by atoms with van der Waals surface area (Å²) in [6, 6.07) is 11.5. The highest BCUT2D eigenvalue weighted by molar-refractivity contribution is 6.39. The maximum atomic E-state index is 12.3. The Kier molecular flexibility index (Phi) is 6.45. The van der Waals surface area contributed by atoms with Gasteiger partial charge < -0.3 is 20.4 Å². The lowest BCUT2D eigenvalue weighted by molar-refractivity contribution is -0.136. The van der Waals surface area contributed by atoms with E-state index in [1.807, 2.05) is 25.9 Å². The standard InChI is InChI=1S/C22H27ClN4O2/c1-14-5-7-17(12-18(14)23)25-22(29)21(28)24-13-20(26(2)3)15-6-8-19-16(11-15)9-10-27(19)4/h5-8,11-12,20H,9-10,13H2,1-4H3,(H,24,28)(H,25,29)/t20-/m1/s1. The zero-order valence-electron chi connectivity index (χ0n) is 17.3. The topological polar surface area (TPSA) is 64.7 Å². The Labute approximate surface area is 176 Å². The Morgan fingerprint density at radius 3 is 2.62 bits per heavy atom. The summed E-state index contributed by atoms with van der Waals surface area (Å²) in [5.41, 5.74) is 5.09. The molecule has 0 saturated carbocycles. The Balaban J connectivity index is 1.63. The van der Waals surface area contributed by atoms with E-state index < -0.39 is 11.8 Å². The number of nitrogens with zero attached hydrogens (tertiary/aromatic N) is 2. The third-order valence-electron chi connectivity index (χ3n) is 5.33. The molecular formula is C22H27ClN4O2. The highest BCUT2D eigenvalue weighted by Gasteiger charge is 2.22. The van der Waals surface area contributed by atoms with E-state index in [1.54, 1.807) is 18.2 Å². The summed E-state index contributed by atoms with van der Waals surface area (Å²) in [4.78, 5) is 28.8. The number of hydrogen-bond donors (Lipinski definition) is 2. The zero-order valence-corrected chi connectivity index (χ0v) is 18.0.